The molecule has 0 N–H and O–H groups in total. The summed E-state index contributed by atoms with van der Waals surface area (Å²) in [6.45, 7) is 0. The Morgan fingerprint density at radius 1 is 1.04 bits per heavy atom. The molecule has 0 aromatic heterocycles. The van der Waals surface area contributed by atoms with Crippen LogP contribution >= 0.6 is 0 Å². The summed E-state index contributed by atoms with van der Waals surface area (Å²) >= 11 is 0. The lowest BCUT2D eigenvalue weighted by Gasteiger charge is -2.28. The molecular weight excluding hydrogens is 292 g/mol. The highest BCUT2D eigenvalue weighted by Gasteiger charge is 2.35. The quantitative estimate of drug-likeness (QED) is 0.757. The lowest BCUT2D eigenvalue weighted by Crippen LogP contribution is -2.25. The average molecular weight is 304 g/mol. The van der Waals surface area contributed by atoms with Gasteiger partial charge in [0.25, 0.3) is 5.70 Å². The third kappa shape index (κ3) is 2.13. The predicted molar refractivity (Wildman–Crippen MR) is 89.1 cm³/mol. The molecule has 0 saturated carbocycles. The van der Waals surface area contributed by atoms with Gasteiger partial charge in [-0.15, -0.1) is 0 Å². The van der Waals surface area contributed by atoms with E-state index < -0.39 is 0 Å². The topological polar surface area (TPSA) is 62.0 Å². The monoisotopic (exact) mass is 304 g/mol. The van der Waals surface area contributed by atoms with Crippen LogP contribution in [0.1, 0.15) is 0 Å². The Bertz CT molecular complexity index is 922. The smallest absolute Gasteiger partial charge is 0.270 e. The van der Waals surface area contributed by atoms with Crippen LogP contribution in [0.15, 0.2) is 83.4 Å². The second-order valence-corrected chi connectivity index (χ2v) is 5.10. The fourth-order valence-electron chi connectivity index (χ4n) is 2.64. The molecule has 112 valence electrons. The second kappa shape index (κ2) is 5.19. The molecule has 2 aromatic carbocycles. The van der Waals surface area contributed by atoms with Crippen LogP contribution in [0.2, 0.25) is 0 Å². The molecule has 6 nitrogen and oxygen atoms in total. The van der Waals surface area contributed by atoms with Crippen LogP contribution in [0, 0.1) is 10.1 Å². The van der Waals surface area contributed by atoms with E-state index >= 15 is 0 Å². The Hall–Kier alpha value is -3.25. The van der Waals surface area contributed by atoms with E-state index in [1.807, 2.05) is 42.5 Å². The summed E-state index contributed by atoms with van der Waals surface area (Å²) < 4.78 is 0. The number of anilines is 1. The van der Waals surface area contributed by atoms with E-state index in [1.54, 1.807) is 18.2 Å². The van der Waals surface area contributed by atoms with Gasteiger partial charge >= 0.3 is 0 Å². The van der Waals surface area contributed by atoms with Crippen molar-refractivity contribution >= 4 is 22.7 Å². The molecule has 0 bridgehead atoms. The minimum atomic E-state index is 0.202. The number of hydrazone groups is 1. The Labute approximate surface area is 132 Å². The number of fused-ring (bicyclic) bond motifs is 1. The first-order chi connectivity index (χ1) is 11.3. The van der Waals surface area contributed by atoms with Crippen molar-refractivity contribution in [3.8, 4) is 0 Å². The highest BCUT2D eigenvalue weighted by Crippen LogP contribution is 2.30. The highest BCUT2D eigenvalue weighted by atomic mass is 16.5. The van der Waals surface area contributed by atoms with E-state index in [0.717, 1.165) is 10.8 Å². The van der Waals surface area contributed by atoms with Crippen molar-refractivity contribution in [1.82, 2.24) is 5.06 Å². The zero-order valence-corrected chi connectivity index (χ0v) is 12.0. The van der Waals surface area contributed by atoms with Crippen molar-refractivity contribution in [2.75, 3.05) is 5.12 Å². The number of nitrogens with zero attached hydrogens (tertiary/aromatic N) is 4. The van der Waals surface area contributed by atoms with Gasteiger partial charge < -0.3 is 10.3 Å². The van der Waals surface area contributed by atoms with E-state index in [9.17, 15) is 10.1 Å². The van der Waals surface area contributed by atoms with E-state index in [2.05, 4.69) is 5.10 Å². The number of hydrazine groups is 1. The molecule has 23 heavy (non-hydrogen) atoms. The first kappa shape index (κ1) is 13.4. The molecule has 0 saturated heterocycles. The molecule has 0 fully saturated rings. The van der Waals surface area contributed by atoms with Crippen LogP contribution in [-0.4, -0.2) is 16.1 Å². The molecule has 2 aromatic rings. The van der Waals surface area contributed by atoms with Crippen molar-refractivity contribution in [1.29, 1.82) is 0 Å². The van der Waals surface area contributed by atoms with Crippen LogP contribution in [0.5, 0.6) is 0 Å². The van der Waals surface area contributed by atoms with Crippen molar-refractivity contribution in [2.45, 2.75) is 0 Å². The van der Waals surface area contributed by atoms with E-state index in [-0.39, 0.29) is 11.4 Å². The van der Waals surface area contributed by atoms with Crippen LogP contribution in [0.3, 0.4) is 0 Å². The molecular formula is C17H12N4O2. The number of hydrogen-bond acceptors (Lipinski definition) is 4. The van der Waals surface area contributed by atoms with Crippen LogP contribution < -0.4 is 5.12 Å². The number of hydrogen-bond donors (Lipinski definition) is 0. The fourth-order valence-corrected chi connectivity index (χ4v) is 2.64. The summed E-state index contributed by atoms with van der Waals surface area (Å²) in [5, 5.41) is 19.9. The van der Waals surface area contributed by atoms with Gasteiger partial charge in [-0.2, -0.15) is 0 Å². The maximum Gasteiger partial charge on any atom is 0.270 e. The van der Waals surface area contributed by atoms with Crippen molar-refractivity contribution in [2.24, 2.45) is 5.10 Å². The van der Waals surface area contributed by atoms with Gasteiger partial charge in [-0.1, -0.05) is 42.5 Å². The highest BCUT2D eigenvalue weighted by molar-refractivity contribution is 5.94. The molecule has 2 aliphatic rings. The predicted octanol–water partition coefficient (Wildman–Crippen LogP) is 3.43. The summed E-state index contributed by atoms with van der Waals surface area (Å²) in [4.78, 5) is 13.3. The van der Waals surface area contributed by atoms with Crippen molar-refractivity contribution in [3.05, 3.63) is 88.4 Å². The Morgan fingerprint density at radius 3 is 2.74 bits per heavy atom. The van der Waals surface area contributed by atoms with Crippen LogP contribution in [-0.2, 0) is 0 Å². The van der Waals surface area contributed by atoms with Gasteiger partial charge in [0.1, 0.15) is 5.69 Å². The molecule has 0 spiro atoms. The van der Waals surface area contributed by atoms with Gasteiger partial charge in [0, 0.05) is 15.6 Å². The van der Waals surface area contributed by atoms with E-state index in [4.69, 9.17) is 0 Å². The third-order valence-electron chi connectivity index (χ3n) is 3.74. The van der Waals surface area contributed by atoms with Crippen LogP contribution in [0.4, 0.5) is 5.69 Å². The largest absolute Gasteiger partial charge is 0.754 e. The van der Waals surface area contributed by atoms with Gasteiger partial charge in [-0.05, 0) is 34.7 Å². The molecule has 6 heteroatoms. The number of rotatable bonds is 1. The standard InChI is InChI=1S/C17H12N4O2/c22-19-11-4-3-9-16(19)17-12-18-20(21(17)23)15-10-5-7-13-6-1-2-8-14(13)15/h1-12H. The third-order valence-corrected chi connectivity index (χ3v) is 3.74. The molecule has 0 amide bonds. The number of allylic oxidation sites excluding steroid dienone is 4. The maximum atomic E-state index is 12.6. The maximum absolute atomic E-state index is 12.6. The summed E-state index contributed by atoms with van der Waals surface area (Å²) in [5.74, 6) is 0. The minimum Gasteiger partial charge on any atom is -0.754 e. The zero-order valence-electron chi connectivity index (χ0n) is 12.0. The minimum absolute atomic E-state index is 0.202. The molecule has 2 aliphatic heterocycles. The van der Waals surface area contributed by atoms with Gasteiger partial charge in [-0.3, -0.25) is 0 Å². The van der Waals surface area contributed by atoms with Gasteiger partial charge in [-0.25, -0.2) is 0 Å². The van der Waals surface area contributed by atoms with Crippen molar-refractivity contribution < 1.29 is 4.87 Å². The lowest BCUT2D eigenvalue weighted by molar-refractivity contribution is -0.498. The Kier molecular flexibility index (Phi) is 3.03. The summed E-state index contributed by atoms with van der Waals surface area (Å²) in [5.41, 5.74) is 1.13. The summed E-state index contributed by atoms with van der Waals surface area (Å²) in [6, 6.07) is 13.4. The second-order valence-electron chi connectivity index (χ2n) is 5.10. The lowest BCUT2D eigenvalue weighted by atomic mass is 10.1. The van der Waals surface area contributed by atoms with Gasteiger partial charge in [0.15, 0.2) is 0 Å². The first-order valence-corrected chi connectivity index (χ1v) is 7.10. The molecule has 0 atom stereocenters. The molecule has 0 radical (unpaired) electrons. The number of nitroso groups, excluding NO2 is 1. The van der Waals surface area contributed by atoms with Gasteiger partial charge in [0.05, 0.1) is 10.6 Å². The normalized spacial score (nSPS) is 20.1. The summed E-state index contributed by atoms with van der Waals surface area (Å²) in [6.07, 6.45) is 7.66. The molecule has 0 aliphatic carbocycles. The zero-order chi connectivity index (χ0) is 15.8. The number of hydroxylamine groups is 2. The van der Waals surface area contributed by atoms with Gasteiger partial charge in [0.2, 0.25) is 6.21 Å². The molecule has 2 heterocycles. The Morgan fingerprint density at radius 2 is 1.87 bits per heavy atom. The fraction of sp³-hybridized carbons (Fsp3) is 0. The SMILES string of the molecule is O=[N+]1C(=C2C=CC=CN2[O-])C=NN1c1cccc2ccccc12. The summed E-state index contributed by atoms with van der Waals surface area (Å²) in [7, 11) is 0. The van der Waals surface area contributed by atoms with Crippen molar-refractivity contribution in [3.63, 3.8) is 0 Å². The molecule has 4 rings (SSSR count). The van der Waals surface area contributed by atoms with E-state index in [0.29, 0.717) is 15.6 Å². The van der Waals surface area contributed by atoms with Crippen LogP contribution in [0.25, 0.3) is 10.8 Å². The first-order valence-electron chi connectivity index (χ1n) is 7.10. The Balaban J connectivity index is 1.79. The average Bonchev–Trinajstić information content (AvgIpc) is 2.96. The van der Waals surface area contributed by atoms with E-state index in [1.165, 1.54) is 17.5 Å². The molecule has 0 unspecified atom stereocenters. The number of benzene rings is 2.